The van der Waals surface area contributed by atoms with Gasteiger partial charge in [-0.05, 0) is 55.0 Å². The zero-order valence-corrected chi connectivity index (χ0v) is 18.8. The van der Waals surface area contributed by atoms with Crippen LogP contribution in [0.25, 0.3) is 10.9 Å². The molecular weight excluding hydrogens is 414 g/mol. The molecule has 0 radical (unpaired) electrons. The summed E-state index contributed by atoms with van der Waals surface area (Å²) in [6.07, 6.45) is 2.93. The van der Waals surface area contributed by atoms with Gasteiger partial charge in [0.25, 0.3) is 11.8 Å². The van der Waals surface area contributed by atoms with Gasteiger partial charge >= 0.3 is 0 Å². The minimum absolute atomic E-state index is 0.0187. The fraction of sp³-hybridized carbons (Fsp3) is 0.370. The van der Waals surface area contributed by atoms with Gasteiger partial charge < -0.3 is 14.5 Å². The molecule has 33 heavy (non-hydrogen) atoms. The Hall–Kier alpha value is -3.25. The van der Waals surface area contributed by atoms with Crippen LogP contribution in [0.15, 0.2) is 60.7 Å². The van der Waals surface area contributed by atoms with Gasteiger partial charge in [-0.15, -0.1) is 0 Å². The number of likely N-dealkylation sites (tertiary alicyclic amines) is 1. The molecule has 1 aromatic heterocycles. The summed E-state index contributed by atoms with van der Waals surface area (Å²) in [5.41, 5.74) is 3.36. The molecule has 0 spiro atoms. The number of carbonyl (C=O) groups excluding carboxylic acids is 2. The number of nitrogens with zero attached hydrogens (tertiary/aromatic N) is 3. The second-order valence-corrected chi connectivity index (χ2v) is 8.93. The third kappa shape index (κ3) is 4.91. The topological polar surface area (TPSA) is 62.7 Å². The molecule has 6 heteroatoms. The van der Waals surface area contributed by atoms with E-state index in [1.54, 1.807) is 0 Å². The van der Waals surface area contributed by atoms with Gasteiger partial charge in [-0.25, -0.2) is 4.98 Å². The summed E-state index contributed by atoms with van der Waals surface area (Å²) in [6.45, 7) is 4.06. The highest BCUT2D eigenvalue weighted by atomic mass is 16.5. The number of ether oxygens (including phenoxy) is 1. The molecule has 170 valence electrons. The number of hydrogen-bond acceptors (Lipinski definition) is 4. The summed E-state index contributed by atoms with van der Waals surface area (Å²) in [5.74, 6) is 0.642. The molecule has 2 aliphatic rings. The maximum atomic E-state index is 13.0. The van der Waals surface area contributed by atoms with Gasteiger partial charge in [0.05, 0.1) is 18.7 Å². The molecule has 2 aliphatic heterocycles. The third-order valence-electron chi connectivity index (χ3n) is 6.74. The molecule has 5 rings (SSSR count). The Morgan fingerprint density at radius 3 is 2.27 bits per heavy atom. The van der Waals surface area contributed by atoms with E-state index in [1.807, 2.05) is 58.3 Å². The zero-order chi connectivity index (χ0) is 22.6. The molecule has 3 aromatic rings. The van der Waals surface area contributed by atoms with E-state index in [0.29, 0.717) is 37.9 Å². The number of aromatic nitrogens is 1. The highest BCUT2D eigenvalue weighted by Gasteiger charge is 2.25. The van der Waals surface area contributed by atoms with Gasteiger partial charge in [0.2, 0.25) is 0 Å². The van der Waals surface area contributed by atoms with E-state index in [0.717, 1.165) is 48.8 Å². The van der Waals surface area contributed by atoms with Crippen molar-refractivity contribution in [2.75, 3.05) is 39.4 Å². The summed E-state index contributed by atoms with van der Waals surface area (Å²) in [5, 5.41) is 1.05. The smallest absolute Gasteiger partial charge is 0.272 e. The van der Waals surface area contributed by atoms with Crippen molar-refractivity contribution >= 4 is 22.7 Å². The van der Waals surface area contributed by atoms with E-state index in [-0.39, 0.29) is 11.8 Å². The first-order chi connectivity index (χ1) is 16.2. The van der Waals surface area contributed by atoms with Gasteiger partial charge in [0.15, 0.2) is 0 Å². The van der Waals surface area contributed by atoms with Crippen LogP contribution >= 0.6 is 0 Å². The van der Waals surface area contributed by atoms with E-state index in [9.17, 15) is 9.59 Å². The molecule has 6 nitrogen and oxygen atoms in total. The SMILES string of the molecule is O=C(c1ccc(CC2CCN(C(=O)c3ccc4ccccc4n3)CC2)cc1)N1CCOCC1. The minimum Gasteiger partial charge on any atom is -0.378 e. The van der Waals surface area contributed by atoms with Gasteiger partial charge in [0.1, 0.15) is 5.69 Å². The Labute approximate surface area is 194 Å². The molecule has 0 bridgehead atoms. The lowest BCUT2D eigenvalue weighted by Crippen LogP contribution is -2.40. The Morgan fingerprint density at radius 1 is 0.818 bits per heavy atom. The van der Waals surface area contributed by atoms with Gasteiger partial charge in [-0.2, -0.15) is 0 Å². The first-order valence-electron chi connectivity index (χ1n) is 11.8. The second-order valence-electron chi connectivity index (χ2n) is 8.93. The Morgan fingerprint density at radius 2 is 1.52 bits per heavy atom. The molecular formula is C27H29N3O3. The third-order valence-corrected chi connectivity index (χ3v) is 6.74. The minimum atomic E-state index is 0.0187. The number of morpholine rings is 1. The van der Waals surface area contributed by atoms with Crippen LogP contribution in [0.3, 0.4) is 0 Å². The normalized spacial score (nSPS) is 17.3. The fourth-order valence-electron chi connectivity index (χ4n) is 4.75. The van der Waals surface area contributed by atoms with Crippen molar-refractivity contribution < 1.29 is 14.3 Å². The van der Waals surface area contributed by atoms with Crippen molar-refractivity contribution in [3.8, 4) is 0 Å². The first-order valence-corrected chi connectivity index (χ1v) is 11.8. The standard InChI is InChI=1S/C27H29N3O3/c31-26(30-15-17-33-18-16-30)23-7-5-20(6-8-23)19-21-11-13-29(14-12-21)27(32)25-10-9-22-3-1-2-4-24(22)28-25/h1-10,21H,11-19H2. The van der Waals surface area contributed by atoms with E-state index in [1.165, 1.54) is 5.56 Å². The lowest BCUT2D eigenvalue weighted by Gasteiger charge is -2.32. The Bertz CT molecular complexity index is 1130. The summed E-state index contributed by atoms with van der Waals surface area (Å²) < 4.78 is 5.33. The second kappa shape index (κ2) is 9.71. The summed E-state index contributed by atoms with van der Waals surface area (Å²) in [4.78, 5) is 33.9. The predicted octanol–water partition coefficient (Wildman–Crippen LogP) is 3.80. The van der Waals surface area contributed by atoms with Crippen LogP contribution < -0.4 is 0 Å². The van der Waals surface area contributed by atoms with Crippen LogP contribution in [0.1, 0.15) is 39.3 Å². The van der Waals surface area contributed by atoms with Crippen molar-refractivity contribution in [1.29, 1.82) is 0 Å². The Balaban J connectivity index is 1.15. The van der Waals surface area contributed by atoms with Crippen LogP contribution in [0.4, 0.5) is 0 Å². The number of piperidine rings is 1. The molecule has 0 atom stereocenters. The summed E-state index contributed by atoms with van der Waals surface area (Å²) >= 11 is 0. The first kappa shape index (κ1) is 21.6. The van der Waals surface area contributed by atoms with E-state index < -0.39 is 0 Å². The molecule has 3 heterocycles. The highest BCUT2D eigenvalue weighted by molar-refractivity contribution is 5.95. The van der Waals surface area contributed by atoms with E-state index in [4.69, 9.17) is 4.74 Å². The largest absolute Gasteiger partial charge is 0.378 e. The maximum absolute atomic E-state index is 13.0. The number of benzene rings is 2. The molecule has 2 amide bonds. The monoisotopic (exact) mass is 443 g/mol. The van der Waals surface area contributed by atoms with Crippen LogP contribution in [0.2, 0.25) is 0 Å². The number of hydrogen-bond donors (Lipinski definition) is 0. The van der Waals surface area contributed by atoms with Crippen molar-refractivity contribution in [3.05, 3.63) is 77.5 Å². The van der Waals surface area contributed by atoms with Crippen molar-refractivity contribution in [2.24, 2.45) is 5.92 Å². The number of para-hydroxylation sites is 1. The van der Waals surface area contributed by atoms with Crippen LogP contribution in [0.5, 0.6) is 0 Å². The molecule has 0 N–H and O–H groups in total. The van der Waals surface area contributed by atoms with Gasteiger partial charge in [-0.3, -0.25) is 9.59 Å². The van der Waals surface area contributed by atoms with Crippen LogP contribution in [-0.4, -0.2) is 66.0 Å². The number of carbonyl (C=O) groups is 2. The van der Waals surface area contributed by atoms with Crippen molar-refractivity contribution in [1.82, 2.24) is 14.8 Å². The van der Waals surface area contributed by atoms with E-state index in [2.05, 4.69) is 17.1 Å². The fourth-order valence-corrected chi connectivity index (χ4v) is 4.75. The highest BCUT2D eigenvalue weighted by Crippen LogP contribution is 2.24. The van der Waals surface area contributed by atoms with Gasteiger partial charge in [0, 0.05) is 37.1 Å². The van der Waals surface area contributed by atoms with Crippen LogP contribution in [0, 0.1) is 5.92 Å². The van der Waals surface area contributed by atoms with Crippen molar-refractivity contribution in [3.63, 3.8) is 0 Å². The maximum Gasteiger partial charge on any atom is 0.272 e. The summed E-state index contributed by atoms with van der Waals surface area (Å²) in [7, 11) is 0. The molecule has 0 saturated carbocycles. The number of pyridine rings is 1. The quantitative estimate of drug-likeness (QED) is 0.615. The molecule has 0 aliphatic carbocycles. The average molecular weight is 444 g/mol. The van der Waals surface area contributed by atoms with Gasteiger partial charge in [-0.1, -0.05) is 36.4 Å². The molecule has 0 unspecified atom stereocenters. The van der Waals surface area contributed by atoms with E-state index >= 15 is 0 Å². The van der Waals surface area contributed by atoms with Crippen molar-refractivity contribution in [2.45, 2.75) is 19.3 Å². The number of amides is 2. The number of fused-ring (bicyclic) bond motifs is 1. The zero-order valence-electron chi connectivity index (χ0n) is 18.8. The lowest BCUT2D eigenvalue weighted by molar-refractivity contribution is 0.0303. The molecule has 2 saturated heterocycles. The molecule has 2 aromatic carbocycles. The Kier molecular flexibility index (Phi) is 6.35. The van der Waals surface area contributed by atoms with Crippen LogP contribution in [-0.2, 0) is 11.2 Å². The average Bonchev–Trinajstić information content (AvgIpc) is 2.89. The summed E-state index contributed by atoms with van der Waals surface area (Å²) in [6, 6.07) is 19.7. The molecule has 2 fully saturated rings. The predicted molar refractivity (Wildman–Crippen MR) is 127 cm³/mol. The number of rotatable bonds is 4. The lowest BCUT2D eigenvalue weighted by atomic mass is 9.89.